The summed E-state index contributed by atoms with van der Waals surface area (Å²) in [7, 11) is 0. The summed E-state index contributed by atoms with van der Waals surface area (Å²) in [5.41, 5.74) is 0.312. The number of rotatable bonds is 3. The maximum Gasteiger partial charge on any atom is 0.321 e. The monoisotopic (exact) mass is 253 g/mol. The highest BCUT2D eigenvalue weighted by molar-refractivity contribution is 5.74. The fourth-order valence-electron chi connectivity index (χ4n) is 3.39. The van der Waals surface area contributed by atoms with Crippen LogP contribution in [0.5, 0.6) is 0 Å². The maximum absolute atomic E-state index is 11.5. The molecule has 0 bridgehead atoms. The highest BCUT2D eigenvalue weighted by Crippen LogP contribution is 2.38. The summed E-state index contributed by atoms with van der Waals surface area (Å²) < 4.78 is 0. The van der Waals surface area contributed by atoms with Gasteiger partial charge in [-0.3, -0.25) is 9.69 Å². The lowest BCUT2D eigenvalue weighted by molar-refractivity contribution is -0.152. The molecule has 1 saturated heterocycles. The molecule has 2 fully saturated rings. The number of carboxylic acids is 1. The first kappa shape index (κ1) is 13.9. The number of carboxylic acid groups (broad SMARTS) is 1. The Balaban J connectivity index is 1.94. The van der Waals surface area contributed by atoms with E-state index in [4.69, 9.17) is 0 Å². The zero-order valence-electron chi connectivity index (χ0n) is 12.0. The molecule has 1 unspecified atom stereocenters. The molecule has 1 atom stereocenters. The lowest BCUT2D eigenvalue weighted by Gasteiger charge is -2.50. The van der Waals surface area contributed by atoms with E-state index in [1.165, 1.54) is 19.3 Å². The molecule has 18 heavy (non-hydrogen) atoms. The van der Waals surface area contributed by atoms with Gasteiger partial charge in [-0.05, 0) is 30.1 Å². The maximum atomic E-state index is 11.5. The molecule has 104 valence electrons. The van der Waals surface area contributed by atoms with Crippen LogP contribution in [-0.4, -0.2) is 35.1 Å². The number of carbonyl (C=O) groups is 1. The van der Waals surface area contributed by atoms with Crippen LogP contribution in [0.1, 0.15) is 52.9 Å². The Kier molecular flexibility index (Phi) is 4.00. The van der Waals surface area contributed by atoms with Crippen LogP contribution < -0.4 is 0 Å². The van der Waals surface area contributed by atoms with Gasteiger partial charge < -0.3 is 5.11 Å². The van der Waals surface area contributed by atoms with E-state index >= 15 is 0 Å². The Morgan fingerprint density at radius 2 is 1.72 bits per heavy atom. The van der Waals surface area contributed by atoms with Gasteiger partial charge in [0.05, 0.1) is 0 Å². The fourth-order valence-corrected chi connectivity index (χ4v) is 3.39. The van der Waals surface area contributed by atoms with Gasteiger partial charge >= 0.3 is 5.97 Å². The van der Waals surface area contributed by atoms with Gasteiger partial charge in [-0.25, -0.2) is 0 Å². The van der Waals surface area contributed by atoms with Crippen LogP contribution in [0.2, 0.25) is 0 Å². The molecule has 0 aromatic heterocycles. The van der Waals surface area contributed by atoms with Crippen LogP contribution in [0.15, 0.2) is 0 Å². The molecule has 1 saturated carbocycles. The van der Waals surface area contributed by atoms with Gasteiger partial charge in [0.1, 0.15) is 6.04 Å². The summed E-state index contributed by atoms with van der Waals surface area (Å²) in [6.07, 6.45) is 5.92. The van der Waals surface area contributed by atoms with Crippen molar-refractivity contribution in [2.45, 2.75) is 58.9 Å². The van der Waals surface area contributed by atoms with Crippen LogP contribution in [0.3, 0.4) is 0 Å². The van der Waals surface area contributed by atoms with Crippen molar-refractivity contribution in [3.8, 4) is 0 Å². The van der Waals surface area contributed by atoms with E-state index in [9.17, 15) is 9.90 Å². The van der Waals surface area contributed by atoms with Crippen molar-refractivity contribution in [3.63, 3.8) is 0 Å². The van der Waals surface area contributed by atoms with E-state index in [1.807, 2.05) is 0 Å². The Labute approximate surface area is 111 Å². The van der Waals surface area contributed by atoms with Gasteiger partial charge in [0.15, 0.2) is 0 Å². The van der Waals surface area contributed by atoms with Gasteiger partial charge in [-0.2, -0.15) is 0 Å². The van der Waals surface area contributed by atoms with E-state index < -0.39 is 5.97 Å². The van der Waals surface area contributed by atoms with Crippen molar-refractivity contribution in [2.24, 2.45) is 17.3 Å². The first-order valence-corrected chi connectivity index (χ1v) is 7.36. The highest BCUT2D eigenvalue weighted by Gasteiger charge is 2.44. The zero-order valence-corrected chi connectivity index (χ0v) is 12.0. The average Bonchev–Trinajstić information content (AvgIpc) is 2.21. The molecule has 2 rings (SSSR count). The summed E-state index contributed by atoms with van der Waals surface area (Å²) in [5, 5.41) is 9.51. The van der Waals surface area contributed by atoms with Crippen LogP contribution in [0.4, 0.5) is 0 Å². The summed E-state index contributed by atoms with van der Waals surface area (Å²) in [6.45, 7) is 8.70. The van der Waals surface area contributed by atoms with Crippen molar-refractivity contribution in [2.75, 3.05) is 13.1 Å². The van der Waals surface area contributed by atoms with Crippen molar-refractivity contribution < 1.29 is 9.90 Å². The van der Waals surface area contributed by atoms with Gasteiger partial charge in [-0.15, -0.1) is 0 Å². The molecular weight excluding hydrogens is 226 g/mol. The number of hydrogen-bond donors (Lipinski definition) is 1. The number of aliphatic carboxylic acids is 1. The Hall–Kier alpha value is -0.570. The first-order valence-electron chi connectivity index (χ1n) is 7.36. The second kappa shape index (κ2) is 5.20. The minimum Gasteiger partial charge on any atom is -0.480 e. The molecule has 1 aliphatic carbocycles. The normalized spacial score (nSPS) is 25.7. The van der Waals surface area contributed by atoms with Gasteiger partial charge in [0, 0.05) is 13.1 Å². The summed E-state index contributed by atoms with van der Waals surface area (Å²) in [4.78, 5) is 13.8. The standard InChI is InChI=1S/C15H27NO2/c1-15(2,3)12-9-16(10-12)13(14(17)18)11-7-5-4-6-8-11/h11-13H,4-10H2,1-3H3,(H,17,18). The molecule has 0 aromatic rings. The largest absolute Gasteiger partial charge is 0.480 e. The predicted octanol–water partition coefficient (Wildman–Crippen LogP) is 3.00. The molecule has 2 aliphatic rings. The van der Waals surface area contributed by atoms with E-state index in [-0.39, 0.29) is 6.04 Å². The average molecular weight is 253 g/mol. The number of nitrogens with zero attached hydrogens (tertiary/aromatic N) is 1. The summed E-state index contributed by atoms with van der Waals surface area (Å²) in [5.74, 6) is 0.439. The Morgan fingerprint density at radius 3 is 2.17 bits per heavy atom. The Morgan fingerprint density at radius 1 is 1.17 bits per heavy atom. The Bertz CT molecular complexity index is 296. The minimum absolute atomic E-state index is 0.219. The number of likely N-dealkylation sites (tertiary alicyclic amines) is 1. The van der Waals surface area contributed by atoms with Gasteiger partial charge in [-0.1, -0.05) is 40.0 Å². The minimum atomic E-state index is -0.603. The molecule has 0 aromatic carbocycles. The van der Waals surface area contributed by atoms with Crippen LogP contribution in [0.25, 0.3) is 0 Å². The van der Waals surface area contributed by atoms with E-state index in [2.05, 4.69) is 25.7 Å². The van der Waals surface area contributed by atoms with Crippen molar-refractivity contribution >= 4 is 5.97 Å². The quantitative estimate of drug-likeness (QED) is 0.840. The molecule has 3 heteroatoms. The van der Waals surface area contributed by atoms with Crippen molar-refractivity contribution in [1.29, 1.82) is 0 Å². The van der Waals surface area contributed by atoms with Gasteiger partial charge in [0.25, 0.3) is 0 Å². The molecule has 3 nitrogen and oxygen atoms in total. The highest BCUT2D eigenvalue weighted by atomic mass is 16.4. The number of hydrogen-bond acceptors (Lipinski definition) is 2. The third kappa shape index (κ3) is 2.87. The lowest BCUT2D eigenvalue weighted by Crippen LogP contribution is -2.60. The molecular formula is C15H27NO2. The lowest BCUT2D eigenvalue weighted by atomic mass is 9.73. The predicted molar refractivity (Wildman–Crippen MR) is 72.5 cm³/mol. The summed E-state index contributed by atoms with van der Waals surface area (Å²) >= 11 is 0. The topological polar surface area (TPSA) is 40.5 Å². The second-order valence-electron chi connectivity index (χ2n) is 7.20. The van der Waals surface area contributed by atoms with E-state index in [0.717, 1.165) is 25.9 Å². The fraction of sp³-hybridized carbons (Fsp3) is 0.933. The zero-order chi connectivity index (χ0) is 13.3. The van der Waals surface area contributed by atoms with Crippen LogP contribution >= 0.6 is 0 Å². The molecule has 0 amide bonds. The molecule has 0 radical (unpaired) electrons. The third-order valence-corrected chi connectivity index (χ3v) is 4.88. The summed E-state index contributed by atoms with van der Waals surface area (Å²) in [6, 6.07) is -0.219. The second-order valence-corrected chi connectivity index (χ2v) is 7.20. The molecule has 1 N–H and O–H groups in total. The van der Waals surface area contributed by atoms with Crippen molar-refractivity contribution in [1.82, 2.24) is 4.90 Å². The molecule has 1 heterocycles. The van der Waals surface area contributed by atoms with Crippen LogP contribution in [0, 0.1) is 17.3 Å². The van der Waals surface area contributed by atoms with E-state index in [1.54, 1.807) is 0 Å². The van der Waals surface area contributed by atoms with Crippen molar-refractivity contribution in [3.05, 3.63) is 0 Å². The molecule has 0 spiro atoms. The van der Waals surface area contributed by atoms with Crippen LogP contribution in [-0.2, 0) is 4.79 Å². The van der Waals surface area contributed by atoms with E-state index in [0.29, 0.717) is 17.3 Å². The molecule has 1 aliphatic heterocycles. The first-order chi connectivity index (χ1) is 8.39. The third-order valence-electron chi connectivity index (χ3n) is 4.88. The smallest absolute Gasteiger partial charge is 0.321 e. The van der Waals surface area contributed by atoms with Gasteiger partial charge in [0.2, 0.25) is 0 Å². The SMILES string of the molecule is CC(C)(C)C1CN(C(C(=O)O)C2CCCCC2)C1.